The first kappa shape index (κ1) is 22.6. The van der Waals surface area contributed by atoms with Gasteiger partial charge in [-0.05, 0) is 47.7 Å². The molecule has 7 nitrogen and oxygen atoms in total. The maximum Gasteiger partial charge on any atom is 0.270 e. The molecule has 4 rings (SSSR count). The summed E-state index contributed by atoms with van der Waals surface area (Å²) in [5, 5.41) is 21.0. The van der Waals surface area contributed by atoms with E-state index in [1.54, 1.807) is 0 Å². The Balaban J connectivity index is 1.87. The molecule has 33 heavy (non-hydrogen) atoms. The molecular weight excluding hydrogens is 484 g/mol. The monoisotopic (exact) mass is 506 g/mol. The van der Waals surface area contributed by atoms with E-state index in [-0.39, 0.29) is 28.3 Å². The third-order valence-corrected chi connectivity index (χ3v) is 6.66. The zero-order valence-electron chi connectivity index (χ0n) is 18.2. The van der Waals surface area contributed by atoms with Crippen LogP contribution >= 0.6 is 15.9 Å². The molecule has 1 atom stereocenters. The highest BCUT2D eigenvalue weighted by molar-refractivity contribution is 9.10. The number of nitrogens with one attached hydrogen (secondary N) is 1. The third-order valence-electron chi connectivity index (χ3n) is 5.94. The number of hydrogen-bond acceptors (Lipinski definition) is 6. The Morgan fingerprint density at radius 3 is 2.52 bits per heavy atom. The second kappa shape index (κ2) is 8.41. The zero-order chi connectivity index (χ0) is 23.9. The molecule has 1 aliphatic heterocycles. The van der Waals surface area contributed by atoms with Gasteiger partial charge in [-0.25, -0.2) is 5.01 Å². The highest BCUT2D eigenvalue weighted by Gasteiger charge is 2.45. The number of ketones is 1. The molecule has 0 bridgehead atoms. The van der Waals surface area contributed by atoms with Crippen molar-refractivity contribution in [2.45, 2.75) is 32.6 Å². The van der Waals surface area contributed by atoms with Crippen LogP contribution in [0.4, 0.5) is 0 Å². The van der Waals surface area contributed by atoms with Crippen molar-refractivity contribution in [1.82, 2.24) is 10.4 Å². The van der Waals surface area contributed by atoms with Crippen LogP contribution in [0, 0.1) is 16.7 Å². The fourth-order valence-corrected chi connectivity index (χ4v) is 4.95. The molecule has 1 aliphatic carbocycles. The van der Waals surface area contributed by atoms with Crippen LogP contribution in [0.3, 0.4) is 0 Å². The lowest BCUT2D eigenvalue weighted by Crippen LogP contribution is -2.49. The Kier molecular flexibility index (Phi) is 5.76. The maximum absolute atomic E-state index is 13.4. The average Bonchev–Trinajstić information content (AvgIpc) is 2.75. The number of aromatic hydroxyl groups is 1. The third kappa shape index (κ3) is 4.12. The number of nitrogens with two attached hydrogens (primary N) is 1. The van der Waals surface area contributed by atoms with Crippen LogP contribution < -0.4 is 11.2 Å². The number of phenolic OH excluding ortho intramolecular Hbond substituents is 1. The number of nitrogens with zero attached hydrogens (tertiary/aromatic N) is 2. The summed E-state index contributed by atoms with van der Waals surface area (Å²) in [6, 6.07) is 15.4. The number of carbonyl (C=O) groups is 2. The van der Waals surface area contributed by atoms with E-state index < -0.39 is 11.8 Å². The average molecular weight is 507 g/mol. The molecule has 0 saturated carbocycles. The molecular formula is C25H23BrN4O3. The number of nitriles is 1. The summed E-state index contributed by atoms with van der Waals surface area (Å²) in [5.74, 6) is -1.07. The first-order chi connectivity index (χ1) is 15.6. The number of benzene rings is 2. The van der Waals surface area contributed by atoms with E-state index in [4.69, 9.17) is 5.73 Å². The van der Waals surface area contributed by atoms with Gasteiger partial charge in [0.25, 0.3) is 5.91 Å². The largest absolute Gasteiger partial charge is 0.508 e. The molecule has 2 aliphatic rings. The van der Waals surface area contributed by atoms with Crippen LogP contribution in [0.5, 0.6) is 5.75 Å². The number of rotatable bonds is 3. The predicted molar refractivity (Wildman–Crippen MR) is 126 cm³/mol. The molecule has 2 aromatic rings. The normalized spacial score (nSPS) is 19.8. The van der Waals surface area contributed by atoms with Crippen LogP contribution in [0.15, 0.2) is 75.7 Å². The molecule has 0 saturated heterocycles. The summed E-state index contributed by atoms with van der Waals surface area (Å²) < 4.78 is 0.765. The van der Waals surface area contributed by atoms with Gasteiger partial charge >= 0.3 is 0 Å². The summed E-state index contributed by atoms with van der Waals surface area (Å²) >= 11 is 3.55. The lowest BCUT2D eigenvalue weighted by atomic mass is 9.69. The number of phenols is 1. The lowest BCUT2D eigenvalue weighted by Gasteiger charge is -2.43. The van der Waals surface area contributed by atoms with Crippen molar-refractivity contribution >= 4 is 27.6 Å². The van der Waals surface area contributed by atoms with E-state index in [9.17, 15) is 20.0 Å². The Bertz CT molecular complexity index is 1260. The fraction of sp³-hybridized carbons (Fsp3) is 0.240. The van der Waals surface area contributed by atoms with Crippen molar-refractivity contribution in [3.05, 3.63) is 86.8 Å². The molecule has 0 fully saturated rings. The van der Waals surface area contributed by atoms with Crippen molar-refractivity contribution in [2.24, 2.45) is 11.1 Å². The Morgan fingerprint density at radius 1 is 1.21 bits per heavy atom. The number of hydrogen-bond donors (Lipinski definition) is 3. The number of Topliss-reactive ketones (excluding diaryl/α,β-unsaturated/α-hetero) is 1. The first-order valence-electron chi connectivity index (χ1n) is 10.4. The first-order valence-corrected chi connectivity index (χ1v) is 11.2. The van der Waals surface area contributed by atoms with E-state index in [1.165, 1.54) is 29.3 Å². The molecule has 168 valence electrons. The Hall–Kier alpha value is -3.57. The van der Waals surface area contributed by atoms with Gasteiger partial charge in [-0.2, -0.15) is 5.26 Å². The van der Waals surface area contributed by atoms with E-state index in [0.29, 0.717) is 29.7 Å². The van der Waals surface area contributed by atoms with Crippen molar-refractivity contribution in [3.8, 4) is 11.8 Å². The van der Waals surface area contributed by atoms with Gasteiger partial charge in [0.2, 0.25) is 0 Å². The Labute approximate surface area is 200 Å². The number of amides is 1. The van der Waals surface area contributed by atoms with E-state index in [0.717, 1.165) is 10.0 Å². The van der Waals surface area contributed by atoms with Crippen LogP contribution in [0.25, 0.3) is 0 Å². The number of hydrazine groups is 1. The second-order valence-corrected chi connectivity index (χ2v) is 9.84. The number of carbonyl (C=O) groups excluding carboxylic acids is 2. The van der Waals surface area contributed by atoms with Crippen molar-refractivity contribution < 1.29 is 14.7 Å². The van der Waals surface area contributed by atoms with E-state index in [1.807, 2.05) is 38.1 Å². The van der Waals surface area contributed by atoms with Gasteiger partial charge in [0.1, 0.15) is 11.6 Å². The van der Waals surface area contributed by atoms with E-state index in [2.05, 4.69) is 27.4 Å². The topological polar surface area (TPSA) is 119 Å². The highest BCUT2D eigenvalue weighted by Crippen LogP contribution is 2.49. The minimum Gasteiger partial charge on any atom is -0.508 e. The summed E-state index contributed by atoms with van der Waals surface area (Å²) in [7, 11) is 0. The number of halogens is 1. The molecule has 0 radical (unpaired) electrons. The van der Waals surface area contributed by atoms with Gasteiger partial charge in [-0.1, -0.05) is 48.0 Å². The van der Waals surface area contributed by atoms with Crippen LogP contribution in [-0.2, 0) is 4.79 Å². The van der Waals surface area contributed by atoms with Gasteiger partial charge in [0, 0.05) is 22.0 Å². The standard InChI is InChI=1S/C25H23BrN4O3/c1-25(2)11-19-22(20(32)12-25)21(16-5-3-4-6-18(16)26)17(13-27)23(28)30(19)29-24(33)14-7-9-15(31)10-8-14/h3-10,21,31H,11-12,28H2,1-2H3,(H,29,33). The zero-order valence-corrected chi connectivity index (χ0v) is 19.8. The van der Waals surface area contributed by atoms with Crippen LogP contribution in [0.1, 0.15) is 48.5 Å². The quantitative estimate of drug-likeness (QED) is 0.572. The molecule has 0 aromatic heterocycles. The van der Waals surface area contributed by atoms with Crippen molar-refractivity contribution in [1.29, 1.82) is 5.26 Å². The molecule has 0 spiro atoms. The van der Waals surface area contributed by atoms with Crippen molar-refractivity contribution in [3.63, 3.8) is 0 Å². The SMILES string of the molecule is CC1(C)CC(=O)C2=C(C1)N(NC(=O)c1ccc(O)cc1)C(N)=C(C#N)C2c1ccccc1Br. The smallest absolute Gasteiger partial charge is 0.270 e. The Morgan fingerprint density at radius 2 is 1.88 bits per heavy atom. The van der Waals surface area contributed by atoms with Crippen LogP contribution in [-0.4, -0.2) is 21.8 Å². The van der Waals surface area contributed by atoms with E-state index >= 15 is 0 Å². The van der Waals surface area contributed by atoms with Crippen LogP contribution in [0.2, 0.25) is 0 Å². The second-order valence-electron chi connectivity index (χ2n) is 8.99. The summed E-state index contributed by atoms with van der Waals surface area (Å²) in [6.07, 6.45) is 0.815. The summed E-state index contributed by atoms with van der Waals surface area (Å²) in [6.45, 7) is 3.98. The minimum absolute atomic E-state index is 0.0385. The van der Waals surface area contributed by atoms with Gasteiger partial charge < -0.3 is 10.8 Å². The molecule has 4 N–H and O–H groups in total. The van der Waals surface area contributed by atoms with Gasteiger partial charge in [-0.3, -0.25) is 15.0 Å². The predicted octanol–water partition coefficient (Wildman–Crippen LogP) is 4.24. The lowest BCUT2D eigenvalue weighted by molar-refractivity contribution is -0.118. The minimum atomic E-state index is -0.633. The summed E-state index contributed by atoms with van der Waals surface area (Å²) in [4.78, 5) is 26.4. The molecule has 8 heteroatoms. The maximum atomic E-state index is 13.4. The fourth-order valence-electron chi connectivity index (χ4n) is 4.44. The van der Waals surface area contributed by atoms with Crippen molar-refractivity contribution in [2.75, 3.05) is 0 Å². The highest BCUT2D eigenvalue weighted by atomic mass is 79.9. The molecule has 1 amide bonds. The van der Waals surface area contributed by atoms with Gasteiger partial charge in [0.15, 0.2) is 5.78 Å². The summed E-state index contributed by atoms with van der Waals surface area (Å²) in [5.41, 5.74) is 11.2. The van der Waals surface area contributed by atoms with Gasteiger partial charge in [-0.15, -0.1) is 0 Å². The number of allylic oxidation sites excluding steroid dienone is 3. The molecule has 2 aromatic carbocycles. The van der Waals surface area contributed by atoms with Gasteiger partial charge in [0.05, 0.1) is 23.3 Å². The molecule has 1 unspecified atom stereocenters. The molecule has 1 heterocycles.